The fourth-order valence-electron chi connectivity index (χ4n) is 8.26. The average molecular weight is 656 g/mol. The minimum absolute atomic E-state index is 0.0287. The van der Waals surface area contributed by atoms with Gasteiger partial charge < -0.3 is 20.1 Å². The number of rotatable bonds is 8. The lowest BCUT2D eigenvalue weighted by atomic mass is 9.68. The Morgan fingerprint density at radius 2 is 1.70 bits per heavy atom. The first-order chi connectivity index (χ1) is 22.3. The van der Waals surface area contributed by atoms with Crippen LogP contribution in [0.5, 0.6) is 5.75 Å². The zero-order chi connectivity index (χ0) is 31.7. The molecule has 3 fully saturated rings. The molecule has 3 heterocycles. The van der Waals surface area contributed by atoms with Crippen molar-refractivity contribution in [3.05, 3.63) is 86.8 Å². The van der Waals surface area contributed by atoms with E-state index < -0.39 is 17.8 Å². The van der Waals surface area contributed by atoms with Gasteiger partial charge in [0.15, 0.2) is 6.61 Å². The molecule has 0 spiro atoms. The van der Waals surface area contributed by atoms with Crippen molar-refractivity contribution in [2.45, 2.75) is 29.0 Å². The minimum Gasteiger partial charge on any atom is -0.484 e. The second-order valence-corrected chi connectivity index (χ2v) is 14.6. The van der Waals surface area contributed by atoms with Crippen molar-refractivity contribution in [2.75, 3.05) is 18.5 Å². The number of carbonyl (C=O) groups is 4. The molecule has 4 aliphatic rings. The van der Waals surface area contributed by atoms with E-state index in [2.05, 4.69) is 10.3 Å². The molecule has 3 aromatic carbocycles. The van der Waals surface area contributed by atoms with Gasteiger partial charge in [0, 0.05) is 28.3 Å². The van der Waals surface area contributed by atoms with Gasteiger partial charge in [-0.2, -0.15) is 0 Å². The number of aromatic nitrogens is 1. The van der Waals surface area contributed by atoms with Gasteiger partial charge in [0.05, 0.1) is 23.3 Å². The number of imide groups is 1. The van der Waals surface area contributed by atoms with Crippen LogP contribution in [-0.2, 0) is 19.2 Å². The number of thiazole rings is 1. The zero-order valence-electron chi connectivity index (χ0n) is 24.4. The lowest BCUT2D eigenvalue weighted by Crippen LogP contribution is -2.42. The number of fused-ring (bicyclic) bond motifs is 10. The van der Waals surface area contributed by atoms with E-state index in [1.54, 1.807) is 11.8 Å². The van der Waals surface area contributed by atoms with Gasteiger partial charge in [0.2, 0.25) is 11.8 Å². The van der Waals surface area contributed by atoms with Crippen LogP contribution >= 0.6 is 23.1 Å². The number of benzene rings is 3. The number of aromatic amines is 1. The van der Waals surface area contributed by atoms with Crippen molar-refractivity contribution >= 4 is 63.2 Å². The number of ether oxygens (including phenoxy) is 1. The van der Waals surface area contributed by atoms with E-state index >= 15 is 0 Å². The Morgan fingerprint density at radius 1 is 0.957 bits per heavy atom. The van der Waals surface area contributed by atoms with Crippen LogP contribution in [0, 0.1) is 29.6 Å². The molecule has 234 valence electrons. The highest BCUT2D eigenvalue weighted by molar-refractivity contribution is 8.00. The van der Waals surface area contributed by atoms with Gasteiger partial charge in [-0.3, -0.25) is 28.9 Å². The molecule has 0 radical (unpaired) electrons. The summed E-state index contributed by atoms with van der Waals surface area (Å²) in [5, 5.41) is 15.0. The number of nitrogens with zero attached hydrogens (tertiary/aromatic N) is 1. The number of amides is 3. The number of nitrogens with one attached hydrogen (secondary N) is 2. The van der Waals surface area contributed by atoms with E-state index in [1.807, 2.05) is 66.7 Å². The SMILES string of the molecule is O=C(O)CCN1C(=O)C2C3CC(C2C1=O)C1C3Sc2[nH]c(=O)sc2[C@@H]1c1ccc(OCC(=O)Nc2ccc3ccccc3c2)cc1. The van der Waals surface area contributed by atoms with Crippen molar-refractivity contribution < 1.29 is 29.0 Å². The Kier molecular flexibility index (Phi) is 7.02. The molecule has 46 heavy (non-hydrogen) atoms. The number of hydrogen-bond donors (Lipinski definition) is 3. The summed E-state index contributed by atoms with van der Waals surface area (Å²) in [7, 11) is 0. The molecule has 4 aromatic rings. The predicted molar refractivity (Wildman–Crippen MR) is 172 cm³/mol. The normalized spacial score (nSPS) is 27.4. The van der Waals surface area contributed by atoms with Gasteiger partial charge in [0.25, 0.3) is 5.91 Å². The first-order valence-electron chi connectivity index (χ1n) is 15.2. The Hall–Kier alpha value is -4.42. The largest absolute Gasteiger partial charge is 0.484 e. The standard InChI is InChI=1S/C34H29N3O7S2/c38-23(35-19-8-5-16-3-1-2-4-18(16)13-19)15-44-20-9-6-17(7-10-20)25-26-21-14-22(29(26)45-31-30(25)46-34(43)36-31)28-27(21)32(41)37(33(28)42)12-11-24(39)40/h1-10,13,21-22,25-29H,11-12,14-15H2,(H,35,38)(H,36,43)(H,39,40)/t21?,22?,25-,26?,27?,28?,29?/m1/s1. The van der Waals surface area contributed by atoms with Crippen molar-refractivity contribution in [1.82, 2.24) is 9.88 Å². The molecule has 1 saturated heterocycles. The lowest BCUT2D eigenvalue weighted by Gasteiger charge is -2.43. The molecule has 8 rings (SSSR count). The third-order valence-corrected chi connectivity index (χ3v) is 12.6. The maximum absolute atomic E-state index is 13.5. The van der Waals surface area contributed by atoms with Crippen LogP contribution in [0.15, 0.2) is 76.6 Å². The highest BCUT2D eigenvalue weighted by atomic mass is 32.2. The molecular formula is C34H29N3O7S2. The molecule has 2 aliphatic heterocycles. The second-order valence-electron chi connectivity index (χ2n) is 12.4. The molecular weight excluding hydrogens is 627 g/mol. The highest BCUT2D eigenvalue weighted by Gasteiger charge is 2.69. The van der Waals surface area contributed by atoms with Crippen LogP contribution in [-0.4, -0.2) is 57.1 Å². The monoisotopic (exact) mass is 655 g/mol. The summed E-state index contributed by atoms with van der Waals surface area (Å²) >= 11 is 2.79. The van der Waals surface area contributed by atoms with Crippen LogP contribution in [0.25, 0.3) is 10.8 Å². The zero-order valence-corrected chi connectivity index (χ0v) is 26.0. The second kappa shape index (κ2) is 11.1. The lowest BCUT2D eigenvalue weighted by molar-refractivity contribution is -0.142. The molecule has 10 nitrogen and oxygen atoms in total. The Bertz CT molecular complexity index is 1970. The molecule has 1 aromatic heterocycles. The molecule has 3 N–H and O–H groups in total. The summed E-state index contributed by atoms with van der Waals surface area (Å²) in [6.07, 6.45) is 0.486. The fourth-order valence-corrected chi connectivity index (χ4v) is 11.2. The maximum atomic E-state index is 13.5. The van der Waals surface area contributed by atoms with Gasteiger partial charge in [-0.1, -0.05) is 53.8 Å². The summed E-state index contributed by atoms with van der Waals surface area (Å²) < 4.78 is 5.81. The minimum atomic E-state index is -1.05. The van der Waals surface area contributed by atoms with Crippen LogP contribution in [0.1, 0.15) is 29.2 Å². The first kappa shape index (κ1) is 29.0. The summed E-state index contributed by atoms with van der Waals surface area (Å²) in [5.74, 6) is -2.41. The molecule has 7 atom stereocenters. The van der Waals surface area contributed by atoms with Gasteiger partial charge in [-0.05, 0) is 64.8 Å². The Labute approximate surface area is 271 Å². The summed E-state index contributed by atoms with van der Waals surface area (Å²) in [4.78, 5) is 68.2. The number of hydrogen-bond acceptors (Lipinski definition) is 8. The van der Waals surface area contributed by atoms with Crippen molar-refractivity contribution in [2.24, 2.45) is 29.6 Å². The number of anilines is 1. The van der Waals surface area contributed by atoms with E-state index in [0.717, 1.165) is 32.7 Å². The van der Waals surface area contributed by atoms with Crippen LogP contribution in [0.4, 0.5) is 5.69 Å². The molecule has 6 unspecified atom stereocenters. The highest BCUT2D eigenvalue weighted by Crippen LogP contribution is 2.68. The Balaban J connectivity index is 1.01. The number of aliphatic carboxylic acids is 1. The van der Waals surface area contributed by atoms with Crippen molar-refractivity contribution in [3.8, 4) is 5.75 Å². The molecule has 3 amide bonds. The summed E-state index contributed by atoms with van der Waals surface area (Å²) in [6, 6.07) is 21.2. The first-order valence-corrected chi connectivity index (χ1v) is 16.9. The fraction of sp³-hybridized carbons (Fsp3) is 0.324. The van der Waals surface area contributed by atoms with Gasteiger partial charge in [-0.15, -0.1) is 11.8 Å². The van der Waals surface area contributed by atoms with Gasteiger partial charge >= 0.3 is 10.8 Å². The Morgan fingerprint density at radius 3 is 2.46 bits per heavy atom. The van der Waals surface area contributed by atoms with E-state index in [4.69, 9.17) is 9.84 Å². The summed E-state index contributed by atoms with van der Waals surface area (Å²) in [5.41, 5.74) is 1.66. The van der Waals surface area contributed by atoms with E-state index in [-0.39, 0.29) is 71.1 Å². The maximum Gasteiger partial charge on any atom is 0.305 e. The van der Waals surface area contributed by atoms with Gasteiger partial charge in [0.1, 0.15) is 5.75 Å². The number of thioether (sulfide) groups is 1. The van der Waals surface area contributed by atoms with E-state index in [9.17, 15) is 24.0 Å². The molecule has 2 bridgehead atoms. The smallest absolute Gasteiger partial charge is 0.305 e. The van der Waals surface area contributed by atoms with Crippen LogP contribution in [0.3, 0.4) is 0 Å². The molecule has 2 saturated carbocycles. The quantitative estimate of drug-likeness (QED) is 0.235. The van der Waals surface area contributed by atoms with Crippen molar-refractivity contribution in [3.63, 3.8) is 0 Å². The topological polar surface area (TPSA) is 146 Å². The number of likely N-dealkylation sites (tertiary alicyclic amines) is 1. The number of carbonyl (C=O) groups excluding carboxylic acids is 3. The van der Waals surface area contributed by atoms with Crippen molar-refractivity contribution in [1.29, 1.82) is 0 Å². The van der Waals surface area contributed by atoms with Gasteiger partial charge in [-0.25, -0.2) is 0 Å². The predicted octanol–water partition coefficient (Wildman–Crippen LogP) is 4.56. The average Bonchev–Trinajstić information content (AvgIpc) is 3.78. The third kappa shape index (κ3) is 4.73. The van der Waals surface area contributed by atoms with Crippen LogP contribution in [0.2, 0.25) is 0 Å². The number of carboxylic acid groups (broad SMARTS) is 1. The number of carboxylic acids is 1. The molecule has 12 heteroatoms. The van der Waals surface area contributed by atoms with E-state index in [1.165, 1.54) is 16.2 Å². The third-order valence-electron chi connectivity index (χ3n) is 10.0. The summed E-state index contributed by atoms with van der Waals surface area (Å²) in [6.45, 7) is -0.268. The van der Waals surface area contributed by atoms with E-state index in [0.29, 0.717) is 11.4 Å². The molecule has 2 aliphatic carbocycles. The number of H-pyrrole nitrogens is 1. The van der Waals surface area contributed by atoms with Crippen LogP contribution < -0.4 is 14.9 Å².